The molecule has 0 aliphatic heterocycles. The summed E-state index contributed by atoms with van der Waals surface area (Å²) in [5.41, 5.74) is 0.377. The van der Waals surface area contributed by atoms with Gasteiger partial charge in [0.2, 0.25) is 0 Å². The summed E-state index contributed by atoms with van der Waals surface area (Å²) >= 11 is 1.66. The molecule has 0 aromatic carbocycles. The van der Waals surface area contributed by atoms with Gasteiger partial charge in [0.05, 0.1) is 11.6 Å². The third kappa shape index (κ3) is 3.91. The fraction of sp³-hybridized carbons (Fsp3) is 0.471. The molecule has 118 valence electrons. The Hall–Kier alpha value is -1.75. The molecule has 0 radical (unpaired) electrons. The fourth-order valence-corrected chi connectivity index (χ4v) is 3.04. The quantitative estimate of drug-likeness (QED) is 0.928. The number of nitrogens with one attached hydrogen (secondary N) is 1. The standard InChI is InChI=1S/C17H23N3OS/c1-11(2)14(13-7-6-8-22-13)20-15(21)12-9-18-16(19-10-12)17(3,4)5/h6-11,14H,1-5H3,(H,20,21)/t14-/m0/s1. The molecule has 0 fully saturated rings. The summed E-state index contributed by atoms with van der Waals surface area (Å²) in [6, 6.07) is 4.06. The van der Waals surface area contributed by atoms with Gasteiger partial charge in [0, 0.05) is 22.7 Å². The molecule has 2 heterocycles. The van der Waals surface area contributed by atoms with Crippen molar-refractivity contribution in [2.45, 2.75) is 46.1 Å². The van der Waals surface area contributed by atoms with Crippen LogP contribution >= 0.6 is 11.3 Å². The van der Waals surface area contributed by atoms with E-state index in [2.05, 4.69) is 35.2 Å². The van der Waals surface area contributed by atoms with Crippen molar-refractivity contribution in [3.05, 3.63) is 46.2 Å². The highest BCUT2D eigenvalue weighted by Gasteiger charge is 2.21. The molecule has 4 nitrogen and oxygen atoms in total. The van der Waals surface area contributed by atoms with Crippen LogP contribution in [0.2, 0.25) is 0 Å². The minimum Gasteiger partial charge on any atom is -0.344 e. The van der Waals surface area contributed by atoms with Gasteiger partial charge in [-0.1, -0.05) is 40.7 Å². The summed E-state index contributed by atoms with van der Waals surface area (Å²) in [7, 11) is 0. The highest BCUT2D eigenvalue weighted by molar-refractivity contribution is 7.10. The van der Waals surface area contributed by atoms with E-state index in [9.17, 15) is 4.79 Å². The van der Waals surface area contributed by atoms with Gasteiger partial charge >= 0.3 is 0 Å². The molecule has 2 aromatic heterocycles. The lowest BCUT2D eigenvalue weighted by Gasteiger charge is -2.21. The number of hydrogen-bond donors (Lipinski definition) is 1. The Bertz CT molecular complexity index is 612. The molecule has 0 aliphatic rings. The van der Waals surface area contributed by atoms with E-state index in [1.54, 1.807) is 23.7 Å². The van der Waals surface area contributed by atoms with E-state index >= 15 is 0 Å². The number of hydrogen-bond acceptors (Lipinski definition) is 4. The Balaban J connectivity index is 2.14. The highest BCUT2D eigenvalue weighted by atomic mass is 32.1. The third-order valence-corrected chi connectivity index (χ3v) is 4.34. The van der Waals surface area contributed by atoms with Gasteiger partial charge in [0.1, 0.15) is 5.82 Å². The SMILES string of the molecule is CC(C)[C@H](NC(=O)c1cnc(C(C)(C)C)nc1)c1cccs1. The average molecular weight is 317 g/mol. The summed E-state index contributed by atoms with van der Waals surface area (Å²) < 4.78 is 0. The Morgan fingerprint density at radius 2 is 1.86 bits per heavy atom. The molecule has 0 aliphatic carbocycles. The molecule has 0 spiro atoms. The molecule has 2 aromatic rings. The summed E-state index contributed by atoms with van der Waals surface area (Å²) in [5.74, 6) is 0.924. The van der Waals surface area contributed by atoms with Crippen LogP contribution in [0.4, 0.5) is 0 Å². The molecule has 0 saturated heterocycles. The van der Waals surface area contributed by atoms with Crippen LogP contribution in [-0.4, -0.2) is 15.9 Å². The minimum absolute atomic E-state index is 0.00907. The van der Waals surface area contributed by atoms with Crippen molar-refractivity contribution in [3.8, 4) is 0 Å². The second-order valence-corrected chi connectivity index (χ2v) is 7.74. The van der Waals surface area contributed by atoms with Gasteiger partial charge in [-0.3, -0.25) is 4.79 Å². The van der Waals surface area contributed by atoms with Crippen LogP contribution in [-0.2, 0) is 5.41 Å². The molecular formula is C17H23N3OS. The monoisotopic (exact) mass is 317 g/mol. The Morgan fingerprint density at radius 3 is 2.32 bits per heavy atom. The maximum absolute atomic E-state index is 12.4. The Morgan fingerprint density at radius 1 is 1.23 bits per heavy atom. The number of aromatic nitrogens is 2. The molecule has 1 atom stereocenters. The van der Waals surface area contributed by atoms with Crippen LogP contribution in [0.3, 0.4) is 0 Å². The van der Waals surface area contributed by atoms with Crippen LogP contribution in [0, 0.1) is 5.92 Å². The maximum atomic E-state index is 12.4. The normalized spacial score (nSPS) is 13.2. The van der Waals surface area contributed by atoms with E-state index in [0.29, 0.717) is 11.5 Å². The molecular weight excluding hydrogens is 294 g/mol. The van der Waals surface area contributed by atoms with Crippen molar-refractivity contribution >= 4 is 17.2 Å². The second-order valence-electron chi connectivity index (χ2n) is 6.76. The third-order valence-electron chi connectivity index (χ3n) is 3.39. The van der Waals surface area contributed by atoms with E-state index in [-0.39, 0.29) is 17.4 Å². The number of amides is 1. The fourth-order valence-electron chi connectivity index (χ4n) is 2.09. The van der Waals surface area contributed by atoms with Crippen LogP contribution in [0.1, 0.15) is 61.7 Å². The largest absolute Gasteiger partial charge is 0.344 e. The minimum atomic E-state index is -0.132. The molecule has 1 N–H and O–H groups in total. The summed E-state index contributed by atoms with van der Waals surface area (Å²) in [5, 5.41) is 5.11. The predicted octanol–water partition coefficient (Wildman–Crippen LogP) is 3.96. The summed E-state index contributed by atoms with van der Waals surface area (Å²) in [6.45, 7) is 10.3. The first-order chi connectivity index (χ1) is 10.3. The van der Waals surface area contributed by atoms with Crippen molar-refractivity contribution in [1.82, 2.24) is 15.3 Å². The van der Waals surface area contributed by atoms with Crippen LogP contribution in [0.15, 0.2) is 29.9 Å². The smallest absolute Gasteiger partial charge is 0.254 e. The first kappa shape index (κ1) is 16.6. The number of carbonyl (C=O) groups is 1. The van der Waals surface area contributed by atoms with E-state index in [0.717, 1.165) is 10.7 Å². The maximum Gasteiger partial charge on any atom is 0.254 e. The summed E-state index contributed by atoms with van der Waals surface area (Å²) in [6.07, 6.45) is 3.21. The number of rotatable bonds is 4. The van der Waals surface area contributed by atoms with Crippen molar-refractivity contribution < 1.29 is 4.79 Å². The van der Waals surface area contributed by atoms with Crippen LogP contribution < -0.4 is 5.32 Å². The predicted molar refractivity (Wildman–Crippen MR) is 90.1 cm³/mol. The first-order valence-corrected chi connectivity index (χ1v) is 8.34. The average Bonchev–Trinajstić information content (AvgIpc) is 2.97. The van der Waals surface area contributed by atoms with Crippen molar-refractivity contribution in [2.24, 2.45) is 5.92 Å². The molecule has 0 bridgehead atoms. The van der Waals surface area contributed by atoms with Crippen LogP contribution in [0.5, 0.6) is 0 Å². The van der Waals surface area contributed by atoms with Gasteiger partial charge in [0.25, 0.3) is 5.91 Å². The zero-order valence-corrected chi connectivity index (χ0v) is 14.6. The highest BCUT2D eigenvalue weighted by Crippen LogP contribution is 2.26. The molecule has 0 saturated carbocycles. The number of nitrogens with zero attached hydrogens (tertiary/aromatic N) is 2. The Labute approximate surface area is 136 Å². The summed E-state index contributed by atoms with van der Waals surface area (Å²) in [4.78, 5) is 22.2. The van der Waals surface area contributed by atoms with E-state index < -0.39 is 0 Å². The lowest BCUT2D eigenvalue weighted by Crippen LogP contribution is -2.31. The molecule has 1 amide bonds. The molecule has 22 heavy (non-hydrogen) atoms. The zero-order chi connectivity index (χ0) is 16.3. The lowest BCUT2D eigenvalue weighted by molar-refractivity contribution is 0.0925. The van der Waals surface area contributed by atoms with Crippen molar-refractivity contribution in [3.63, 3.8) is 0 Å². The van der Waals surface area contributed by atoms with Gasteiger partial charge in [-0.05, 0) is 17.4 Å². The second kappa shape index (κ2) is 6.57. The van der Waals surface area contributed by atoms with Gasteiger partial charge in [0.15, 0.2) is 0 Å². The van der Waals surface area contributed by atoms with E-state index in [4.69, 9.17) is 0 Å². The van der Waals surface area contributed by atoms with Gasteiger partial charge in [-0.2, -0.15) is 0 Å². The topological polar surface area (TPSA) is 54.9 Å². The number of carbonyl (C=O) groups excluding carboxylic acids is 1. The van der Waals surface area contributed by atoms with E-state index in [1.807, 2.05) is 32.2 Å². The zero-order valence-electron chi connectivity index (χ0n) is 13.8. The Kier molecular flexibility index (Phi) is 4.96. The van der Waals surface area contributed by atoms with Crippen molar-refractivity contribution in [1.29, 1.82) is 0 Å². The van der Waals surface area contributed by atoms with E-state index in [1.165, 1.54) is 0 Å². The van der Waals surface area contributed by atoms with Crippen LogP contribution in [0.25, 0.3) is 0 Å². The van der Waals surface area contributed by atoms with Gasteiger partial charge < -0.3 is 5.32 Å². The lowest BCUT2D eigenvalue weighted by atomic mass is 9.96. The first-order valence-electron chi connectivity index (χ1n) is 7.46. The van der Waals surface area contributed by atoms with Gasteiger partial charge in [-0.15, -0.1) is 11.3 Å². The molecule has 0 unspecified atom stereocenters. The molecule has 5 heteroatoms. The van der Waals surface area contributed by atoms with Gasteiger partial charge in [-0.25, -0.2) is 9.97 Å². The number of thiophene rings is 1. The molecule has 2 rings (SSSR count). The van der Waals surface area contributed by atoms with Crippen molar-refractivity contribution in [2.75, 3.05) is 0 Å².